The van der Waals surface area contributed by atoms with Crippen LogP contribution in [0.15, 0.2) is 40.9 Å². The van der Waals surface area contributed by atoms with Gasteiger partial charge >= 0.3 is 0 Å². The van der Waals surface area contributed by atoms with Crippen molar-refractivity contribution in [3.63, 3.8) is 0 Å². The van der Waals surface area contributed by atoms with E-state index in [0.717, 1.165) is 29.8 Å². The van der Waals surface area contributed by atoms with Gasteiger partial charge in [-0.1, -0.05) is 30.3 Å². The van der Waals surface area contributed by atoms with Crippen LogP contribution in [0.4, 0.5) is 0 Å². The lowest BCUT2D eigenvalue weighted by Crippen LogP contribution is -2.11. The molecule has 0 aromatic heterocycles. The number of ether oxygens (including phenoxy) is 1. The first-order valence-corrected chi connectivity index (χ1v) is 6.57. The van der Waals surface area contributed by atoms with Crippen LogP contribution in [0.1, 0.15) is 6.42 Å². The number of hydrogen-bond donors (Lipinski definition) is 1. The van der Waals surface area contributed by atoms with Crippen molar-refractivity contribution in [2.24, 2.45) is 0 Å². The molecule has 98 valence electrons. The van der Waals surface area contributed by atoms with Crippen molar-refractivity contribution in [2.45, 2.75) is 6.42 Å². The van der Waals surface area contributed by atoms with Gasteiger partial charge in [-0.2, -0.15) is 0 Å². The van der Waals surface area contributed by atoms with E-state index >= 15 is 0 Å². The molecule has 0 saturated carbocycles. The number of halogens is 2. The van der Waals surface area contributed by atoms with Gasteiger partial charge in [-0.3, -0.25) is 0 Å². The monoisotopic (exact) mass is 329 g/mol. The van der Waals surface area contributed by atoms with Crippen molar-refractivity contribution in [1.82, 2.24) is 5.32 Å². The Balaban J connectivity index is 0.00000162. The minimum Gasteiger partial charge on any atom is -0.492 e. The zero-order valence-electron chi connectivity index (χ0n) is 10.3. The first-order chi connectivity index (χ1) is 8.33. The second kappa shape index (κ2) is 7.62. The van der Waals surface area contributed by atoms with Gasteiger partial charge in [-0.05, 0) is 52.8 Å². The third-order valence-electron chi connectivity index (χ3n) is 2.66. The summed E-state index contributed by atoms with van der Waals surface area (Å²) in [6.07, 6.45) is 1.01. The molecule has 2 rings (SSSR count). The van der Waals surface area contributed by atoms with Crippen LogP contribution >= 0.6 is 28.3 Å². The maximum atomic E-state index is 5.76. The summed E-state index contributed by atoms with van der Waals surface area (Å²) in [5.41, 5.74) is 0. The average Bonchev–Trinajstić information content (AvgIpc) is 2.37. The van der Waals surface area contributed by atoms with Gasteiger partial charge in [-0.25, -0.2) is 0 Å². The lowest BCUT2D eigenvalue weighted by atomic mass is 10.1. The lowest BCUT2D eigenvalue weighted by Gasteiger charge is -2.10. The third-order valence-corrected chi connectivity index (χ3v) is 3.47. The molecule has 4 heteroatoms. The molecule has 0 saturated heterocycles. The smallest absolute Gasteiger partial charge is 0.134 e. The summed E-state index contributed by atoms with van der Waals surface area (Å²) in [5, 5.41) is 5.52. The number of benzene rings is 2. The Morgan fingerprint density at radius 3 is 2.72 bits per heavy atom. The van der Waals surface area contributed by atoms with Crippen LogP contribution < -0.4 is 10.1 Å². The zero-order valence-corrected chi connectivity index (χ0v) is 12.7. The molecule has 0 aliphatic rings. The SMILES string of the molecule is CNCCCOc1ccc2ccccc2c1Br.Cl. The van der Waals surface area contributed by atoms with Crippen molar-refractivity contribution in [3.05, 3.63) is 40.9 Å². The number of fused-ring (bicyclic) bond motifs is 1. The number of nitrogens with one attached hydrogen (secondary N) is 1. The molecule has 0 bridgehead atoms. The summed E-state index contributed by atoms with van der Waals surface area (Å²) in [6.45, 7) is 1.71. The van der Waals surface area contributed by atoms with Gasteiger partial charge in [0.2, 0.25) is 0 Å². The predicted molar refractivity (Wildman–Crippen MR) is 82.9 cm³/mol. The minimum absolute atomic E-state index is 0. The summed E-state index contributed by atoms with van der Waals surface area (Å²) in [5.74, 6) is 0.916. The van der Waals surface area contributed by atoms with Gasteiger partial charge in [0.05, 0.1) is 11.1 Å². The molecule has 0 aliphatic carbocycles. The second-order valence-electron chi connectivity index (χ2n) is 3.90. The van der Waals surface area contributed by atoms with E-state index in [1.165, 1.54) is 10.8 Å². The van der Waals surface area contributed by atoms with Crippen molar-refractivity contribution in [1.29, 1.82) is 0 Å². The second-order valence-corrected chi connectivity index (χ2v) is 4.70. The molecule has 0 spiro atoms. The van der Waals surface area contributed by atoms with E-state index in [4.69, 9.17) is 4.74 Å². The topological polar surface area (TPSA) is 21.3 Å². The molecule has 0 amide bonds. The highest BCUT2D eigenvalue weighted by Gasteiger charge is 2.05. The Morgan fingerprint density at radius 1 is 1.17 bits per heavy atom. The largest absolute Gasteiger partial charge is 0.492 e. The van der Waals surface area contributed by atoms with E-state index in [0.29, 0.717) is 0 Å². The maximum Gasteiger partial charge on any atom is 0.134 e. The molecule has 18 heavy (non-hydrogen) atoms. The van der Waals surface area contributed by atoms with Gasteiger partial charge in [0, 0.05) is 0 Å². The van der Waals surface area contributed by atoms with E-state index in [-0.39, 0.29) is 12.4 Å². The Bertz CT molecular complexity index is 504. The first-order valence-electron chi connectivity index (χ1n) is 5.77. The van der Waals surface area contributed by atoms with E-state index < -0.39 is 0 Å². The fourth-order valence-electron chi connectivity index (χ4n) is 1.76. The van der Waals surface area contributed by atoms with E-state index in [1.807, 2.05) is 25.2 Å². The molecule has 0 heterocycles. The summed E-state index contributed by atoms with van der Waals surface area (Å²) in [6, 6.07) is 12.4. The third kappa shape index (κ3) is 3.61. The highest BCUT2D eigenvalue weighted by atomic mass is 79.9. The normalized spacial score (nSPS) is 10.1. The molecular formula is C14H17BrClNO. The number of hydrogen-bond acceptors (Lipinski definition) is 2. The molecule has 2 nitrogen and oxygen atoms in total. The quantitative estimate of drug-likeness (QED) is 0.836. The maximum absolute atomic E-state index is 5.76. The Morgan fingerprint density at radius 2 is 1.94 bits per heavy atom. The minimum atomic E-state index is 0. The molecule has 2 aromatic rings. The first kappa shape index (κ1) is 15.3. The van der Waals surface area contributed by atoms with Gasteiger partial charge in [0.15, 0.2) is 0 Å². The van der Waals surface area contributed by atoms with E-state index in [1.54, 1.807) is 0 Å². The molecule has 0 atom stereocenters. The standard InChI is InChI=1S/C14H16BrNO.ClH/c1-16-9-4-10-17-13-8-7-11-5-2-3-6-12(11)14(13)15;/h2-3,5-8,16H,4,9-10H2,1H3;1H. The predicted octanol–water partition coefficient (Wildman–Crippen LogP) is 4.01. The van der Waals surface area contributed by atoms with Gasteiger partial charge in [0.25, 0.3) is 0 Å². The van der Waals surface area contributed by atoms with E-state index in [2.05, 4.69) is 39.4 Å². The van der Waals surface area contributed by atoms with Crippen LogP contribution in [0.3, 0.4) is 0 Å². The van der Waals surface area contributed by atoms with Crippen molar-refractivity contribution in [3.8, 4) is 5.75 Å². The van der Waals surface area contributed by atoms with Gasteiger partial charge in [0.1, 0.15) is 5.75 Å². The molecule has 2 aromatic carbocycles. The summed E-state index contributed by atoms with van der Waals surface area (Å²) in [7, 11) is 1.95. The molecule has 0 unspecified atom stereocenters. The van der Waals surface area contributed by atoms with Gasteiger partial charge < -0.3 is 10.1 Å². The van der Waals surface area contributed by atoms with Gasteiger partial charge in [-0.15, -0.1) is 12.4 Å². The summed E-state index contributed by atoms with van der Waals surface area (Å²) >= 11 is 3.61. The van der Waals surface area contributed by atoms with Crippen LogP contribution in [0, 0.1) is 0 Å². The number of rotatable bonds is 5. The fraction of sp³-hybridized carbons (Fsp3) is 0.286. The molecule has 0 aliphatic heterocycles. The molecule has 0 fully saturated rings. The lowest BCUT2D eigenvalue weighted by molar-refractivity contribution is 0.308. The average molecular weight is 331 g/mol. The summed E-state index contributed by atoms with van der Waals surface area (Å²) < 4.78 is 6.80. The zero-order chi connectivity index (χ0) is 12.1. The Labute approximate surface area is 122 Å². The van der Waals surface area contributed by atoms with Crippen molar-refractivity contribution in [2.75, 3.05) is 20.2 Å². The Kier molecular flexibility index (Phi) is 6.47. The molecular weight excluding hydrogens is 314 g/mol. The summed E-state index contributed by atoms with van der Waals surface area (Å²) in [4.78, 5) is 0. The molecule has 0 radical (unpaired) electrons. The highest BCUT2D eigenvalue weighted by Crippen LogP contribution is 2.32. The van der Waals surface area contributed by atoms with Crippen LogP contribution in [0.5, 0.6) is 5.75 Å². The highest BCUT2D eigenvalue weighted by molar-refractivity contribution is 9.10. The molecule has 1 N–H and O–H groups in total. The van der Waals surface area contributed by atoms with Crippen molar-refractivity contribution >= 4 is 39.1 Å². The van der Waals surface area contributed by atoms with E-state index in [9.17, 15) is 0 Å². The van der Waals surface area contributed by atoms with Crippen molar-refractivity contribution < 1.29 is 4.74 Å². The van der Waals surface area contributed by atoms with Crippen LogP contribution in [0.25, 0.3) is 10.8 Å². The van der Waals surface area contributed by atoms with Crippen LogP contribution in [-0.4, -0.2) is 20.2 Å². The fourth-order valence-corrected chi connectivity index (χ4v) is 2.36. The van der Waals surface area contributed by atoms with Crippen LogP contribution in [0.2, 0.25) is 0 Å². The van der Waals surface area contributed by atoms with Crippen LogP contribution in [-0.2, 0) is 0 Å². The Hall–Kier alpha value is -0.770.